The number of anilines is 2. The van der Waals surface area contributed by atoms with Crippen molar-refractivity contribution in [2.45, 2.75) is 13.8 Å². The Morgan fingerprint density at radius 3 is 1.93 bits per heavy atom. The van der Waals surface area contributed by atoms with Crippen molar-refractivity contribution in [3.05, 3.63) is 108 Å². The molecule has 144 valence electrons. The van der Waals surface area contributed by atoms with Gasteiger partial charge in [0.05, 0.1) is 0 Å². The number of rotatable bonds is 6. The molecule has 3 nitrogen and oxygen atoms in total. The molecule has 3 heteroatoms. The lowest BCUT2D eigenvalue weighted by atomic mass is 10.1. The van der Waals surface area contributed by atoms with Crippen molar-refractivity contribution in [2.75, 3.05) is 5.32 Å². The molecule has 4 rings (SSSR count). The van der Waals surface area contributed by atoms with Crippen LogP contribution in [-0.4, -0.2) is 0 Å². The first-order chi connectivity index (χ1) is 14.2. The van der Waals surface area contributed by atoms with Crippen LogP contribution in [0.2, 0.25) is 0 Å². The summed E-state index contributed by atoms with van der Waals surface area (Å²) in [5.74, 6) is 3.34. The molecule has 0 heterocycles. The highest BCUT2D eigenvalue weighted by atomic mass is 16.5. The van der Waals surface area contributed by atoms with E-state index in [1.807, 2.05) is 104 Å². The van der Waals surface area contributed by atoms with E-state index >= 15 is 0 Å². The van der Waals surface area contributed by atoms with Crippen LogP contribution < -0.4 is 14.8 Å². The summed E-state index contributed by atoms with van der Waals surface area (Å²) in [6.45, 7) is 4.11. The summed E-state index contributed by atoms with van der Waals surface area (Å²) in [6, 6.07) is 31.8. The molecule has 0 atom stereocenters. The fraction of sp³-hybridized carbons (Fsp3) is 0.0769. The van der Waals surface area contributed by atoms with Crippen LogP contribution in [0.3, 0.4) is 0 Å². The van der Waals surface area contributed by atoms with Gasteiger partial charge < -0.3 is 14.8 Å². The molecule has 0 saturated heterocycles. The highest BCUT2D eigenvalue weighted by Gasteiger charge is 2.04. The number of hydrogen-bond acceptors (Lipinski definition) is 3. The molecule has 0 bridgehead atoms. The Hall–Kier alpha value is -3.72. The van der Waals surface area contributed by atoms with Crippen LogP contribution in [0.1, 0.15) is 11.1 Å². The first kappa shape index (κ1) is 18.6. The Kier molecular flexibility index (Phi) is 5.48. The van der Waals surface area contributed by atoms with E-state index in [0.717, 1.165) is 45.5 Å². The standard InChI is InChI=1S/C26H23NO2/c1-19-8-6-7-11-26(19)29-23-14-12-21(13-15-23)27-25-17-16-24(18-20(25)2)28-22-9-4-3-5-10-22/h3-18,27H,1-2H3. The quantitative estimate of drug-likeness (QED) is 0.372. The van der Waals surface area contributed by atoms with E-state index in [1.54, 1.807) is 0 Å². The van der Waals surface area contributed by atoms with Crippen molar-refractivity contribution in [3.8, 4) is 23.0 Å². The summed E-state index contributed by atoms with van der Waals surface area (Å²) in [4.78, 5) is 0. The molecule has 4 aromatic rings. The van der Waals surface area contributed by atoms with Crippen molar-refractivity contribution < 1.29 is 9.47 Å². The number of para-hydroxylation sites is 2. The highest BCUT2D eigenvalue weighted by molar-refractivity contribution is 5.64. The lowest BCUT2D eigenvalue weighted by molar-refractivity contribution is 0.479. The first-order valence-corrected chi connectivity index (χ1v) is 9.61. The number of ether oxygens (including phenoxy) is 2. The van der Waals surface area contributed by atoms with E-state index in [4.69, 9.17) is 9.47 Å². The zero-order valence-electron chi connectivity index (χ0n) is 16.6. The molecule has 0 amide bonds. The van der Waals surface area contributed by atoms with Gasteiger partial charge in [-0.05, 0) is 85.6 Å². The molecule has 1 N–H and O–H groups in total. The third kappa shape index (κ3) is 4.77. The van der Waals surface area contributed by atoms with E-state index in [9.17, 15) is 0 Å². The Morgan fingerprint density at radius 1 is 0.552 bits per heavy atom. The van der Waals surface area contributed by atoms with Crippen LogP contribution in [0.4, 0.5) is 11.4 Å². The van der Waals surface area contributed by atoms with Crippen LogP contribution in [0, 0.1) is 13.8 Å². The van der Waals surface area contributed by atoms with Gasteiger partial charge in [0, 0.05) is 11.4 Å². The van der Waals surface area contributed by atoms with Gasteiger partial charge in [0.25, 0.3) is 0 Å². The summed E-state index contributed by atoms with van der Waals surface area (Å²) in [5, 5.41) is 3.45. The van der Waals surface area contributed by atoms with Gasteiger partial charge in [-0.2, -0.15) is 0 Å². The van der Waals surface area contributed by atoms with Crippen molar-refractivity contribution in [1.29, 1.82) is 0 Å². The molecule has 0 radical (unpaired) electrons. The van der Waals surface area contributed by atoms with Crippen LogP contribution in [0.5, 0.6) is 23.0 Å². The molecule has 0 spiro atoms. The average Bonchev–Trinajstić information content (AvgIpc) is 2.74. The van der Waals surface area contributed by atoms with Crippen LogP contribution in [0.25, 0.3) is 0 Å². The monoisotopic (exact) mass is 381 g/mol. The van der Waals surface area contributed by atoms with E-state index in [2.05, 4.69) is 12.2 Å². The topological polar surface area (TPSA) is 30.5 Å². The average molecular weight is 381 g/mol. The second-order valence-electron chi connectivity index (χ2n) is 6.91. The minimum absolute atomic E-state index is 0.813. The van der Waals surface area contributed by atoms with Gasteiger partial charge in [-0.3, -0.25) is 0 Å². The normalized spacial score (nSPS) is 10.4. The lowest BCUT2D eigenvalue weighted by Gasteiger charge is -2.13. The van der Waals surface area contributed by atoms with Crippen LogP contribution in [-0.2, 0) is 0 Å². The predicted octanol–water partition coefficient (Wildman–Crippen LogP) is 7.63. The summed E-state index contributed by atoms with van der Waals surface area (Å²) in [7, 11) is 0. The second-order valence-corrected chi connectivity index (χ2v) is 6.91. The molecule has 29 heavy (non-hydrogen) atoms. The van der Waals surface area contributed by atoms with E-state index in [1.165, 1.54) is 0 Å². The van der Waals surface area contributed by atoms with Gasteiger partial charge in [-0.15, -0.1) is 0 Å². The Bertz CT molecular complexity index is 1090. The molecule has 0 aliphatic carbocycles. The van der Waals surface area contributed by atoms with Gasteiger partial charge in [0.2, 0.25) is 0 Å². The van der Waals surface area contributed by atoms with Crippen LogP contribution >= 0.6 is 0 Å². The number of nitrogens with one attached hydrogen (secondary N) is 1. The van der Waals surface area contributed by atoms with E-state index in [-0.39, 0.29) is 0 Å². The van der Waals surface area contributed by atoms with E-state index < -0.39 is 0 Å². The summed E-state index contributed by atoms with van der Waals surface area (Å²) in [6.07, 6.45) is 0. The largest absolute Gasteiger partial charge is 0.457 e. The molecular weight excluding hydrogens is 358 g/mol. The van der Waals surface area contributed by atoms with E-state index in [0.29, 0.717) is 0 Å². The molecular formula is C26H23NO2. The summed E-state index contributed by atoms with van der Waals surface area (Å²) >= 11 is 0. The zero-order valence-corrected chi connectivity index (χ0v) is 16.6. The number of benzene rings is 4. The molecule has 4 aromatic carbocycles. The first-order valence-electron chi connectivity index (χ1n) is 9.61. The summed E-state index contributed by atoms with van der Waals surface area (Å²) in [5.41, 5.74) is 4.27. The maximum Gasteiger partial charge on any atom is 0.130 e. The Balaban J connectivity index is 1.43. The van der Waals surface area contributed by atoms with Gasteiger partial charge in [-0.25, -0.2) is 0 Å². The van der Waals surface area contributed by atoms with Crippen molar-refractivity contribution in [1.82, 2.24) is 0 Å². The molecule has 0 aromatic heterocycles. The van der Waals surface area contributed by atoms with Crippen molar-refractivity contribution >= 4 is 11.4 Å². The fourth-order valence-electron chi connectivity index (χ4n) is 3.02. The smallest absolute Gasteiger partial charge is 0.130 e. The summed E-state index contributed by atoms with van der Waals surface area (Å²) < 4.78 is 11.9. The zero-order chi connectivity index (χ0) is 20.1. The molecule has 0 unspecified atom stereocenters. The Labute approximate surface area is 171 Å². The van der Waals surface area contributed by atoms with Gasteiger partial charge >= 0.3 is 0 Å². The predicted molar refractivity (Wildman–Crippen MR) is 119 cm³/mol. The maximum atomic E-state index is 5.97. The second kappa shape index (κ2) is 8.53. The van der Waals surface area contributed by atoms with Crippen molar-refractivity contribution in [3.63, 3.8) is 0 Å². The lowest BCUT2D eigenvalue weighted by Crippen LogP contribution is -1.94. The SMILES string of the molecule is Cc1cc(Oc2ccccc2)ccc1Nc1ccc(Oc2ccccc2C)cc1. The highest BCUT2D eigenvalue weighted by Crippen LogP contribution is 2.30. The van der Waals surface area contributed by atoms with Crippen molar-refractivity contribution in [2.24, 2.45) is 0 Å². The van der Waals surface area contributed by atoms with Gasteiger partial charge in [0.1, 0.15) is 23.0 Å². The van der Waals surface area contributed by atoms with Gasteiger partial charge in [-0.1, -0.05) is 36.4 Å². The number of aryl methyl sites for hydroxylation is 2. The molecule has 0 aliphatic heterocycles. The Morgan fingerprint density at radius 2 is 1.21 bits per heavy atom. The number of hydrogen-bond donors (Lipinski definition) is 1. The fourth-order valence-corrected chi connectivity index (χ4v) is 3.02. The minimum Gasteiger partial charge on any atom is -0.457 e. The minimum atomic E-state index is 0.813. The molecule has 0 aliphatic rings. The molecule has 0 saturated carbocycles. The third-order valence-electron chi connectivity index (χ3n) is 4.63. The third-order valence-corrected chi connectivity index (χ3v) is 4.63. The van der Waals surface area contributed by atoms with Crippen LogP contribution in [0.15, 0.2) is 97.1 Å². The van der Waals surface area contributed by atoms with Gasteiger partial charge in [0.15, 0.2) is 0 Å². The molecule has 0 fully saturated rings. The maximum absolute atomic E-state index is 5.97.